The van der Waals surface area contributed by atoms with Gasteiger partial charge in [-0.25, -0.2) is 4.79 Å². The van der Waals surface area contributed by atoms with E-state index in [1.165, 1.54) is 0 Å². The van der Waals surface area contributed by atoms with Crippen LogP contribution in [-0.4, -0.2) is 51.3 Å². The minimum atomic E-state index is -1.10. The minimum Gasteiger partial charge on any atom is -0.480 e. The molecule has 0 unspecified atom stereocenters. The summed E-state index contributed by atoms with van der Waals surface area (Å²) in [5, 5.41) is 19.1. The molecule has 2 heterocycles. The van der Waals surface area contributed by atoms with Gasteiger partial charge in [-0.3, -0.25) is 9.20 Å². The fourth-order valence-electron chi connectivity index (χ4n) is 1.82. The Morgan fingerprint density at radius 3 is 2.95 bits per heavy atom. The van der Waals surface area contributed by atoms with Crippen LogP contribution in [0.25, 0.3) is 5.65 Å². The van der Waals surface area contributed by atoms with Gasteiger partial charge in [0.05, 0.1) is 0 Å². The second-order valence-corrected chi connectivity index (χ2v) is 4.39. The van der Waals surface area contributed by atoms with Crippen LogP contribution in [0.3, 0.4) is 0 Å². The average molecular weight is 292 g/mol. The van der Waals surface area contributed by atoms with Gasteiger partial charge in [-0.2, -0.15) is 0 Å². The van der Waals surface area contributed by atoms with E-state index in [1.54, 1.807) is 0 Å². The Bertz CT molecular complexity index is 625. The van der Waals surface area contributed by atoms with Gasteiger partial charge >= 0.3 is 5.97 Å². The zero-order valence-electron chi connectivity index (χ0n) is 11.4. The molecule has 0 bridgehead atoms. The first-order chi connectivity index (χ1) is 10.2. The number of carboxylic acids is 1. The first kappa shape index (κ1) is 14.9. The molecule has 0 fully saturated rings. The highest BCUT2D eigenvalue weighted by molar-refractivity contribution is 5.77. The molecule has 112 valence electrons. The van der Waals surface area contributed by atoms with Crippen molar-refractivity contribution in [2.45, 2.75) is 12.8 Å². The molecule has 0 aliphatic rings. The van der Waals surface area contributed by atoms with Crippen LogP contribution in [0.1, 0.15) is 12.2 Å². The molecular weight excluding hydrogens is 276 g/mol. The molecule has 0 saturated carbocycles. The van der Waals surface area contributed by atoms with Crippen molar-refractivity contribution >= 4 is 17.5 Å². The molecule has 2 aromatic rings. The van der Waals surface area contributed by atoms with Crippen molar-refractivity contribution in [3.8, 4) is 0 Å². The summed E-state index contributed by atoms with van der Waals surface area (Å²) in [5.41, 5.74) is 0.790. The predicted octanol–water partition coefficient (Wildman–Crippen LogP) is -0.121. The molecular formula is C13H16N4O4. The molecule has 0 atom stereocenters. The van der Waals surface area contributed by atoms with E-state index in [4.69, 9.17) is 5.11 Å². The van der Waals surface area contributed by atoms with Crippen molar-refractivity contribution in [3.63, 3.8) is 0 Å². The highest BCUT2D eigenvalue weighted by atomic mass is 16.5. The van der Waals surface area contributed by atoms with E-state index in [9.17, 15) is 9.59 Å². The molecule has 8 heteroatoms. The molecule has 0 saturated heterocycles. The Morgan fingerprint density at radius 2 is 2.14 bits per heavy atom. The first-order valence-electron chi connectivity index (χ1n) is 6.51. The van der Waals surface area contributed by atoms with Gasteiger partial charge in [0.1, 0.15) is 19.0 Å². The lowest BCUT2D eigenvalue weighted by molar-refractivity contribution is -0.143. The molecule has 2 N–H and O–H groups in total. The van der Waals surface area contributed by atoms with Crippen LogP contribution < -0.4 is 5.32 Å². The van der Waals surface area contributed by atoms with Gasteiger partial charge in [-0.05, 0) is 18.6 Å². The summed E-state index contributed by atoms with van der Waals surface area (Å²) < 4.78 is 6.58. The maximum Gasteiger partial charge on any atom is 0.329 e. The number of hydrogen-bond acceptors (Lipinski definition) is 5. The first-order valence-corrected chi connectivity index (χ1v) is 6.51. The van der Waals surface area contributed by atoms with Gasteiger partial charge in [0, 0.05) is 19.2 Å². The SMILES string of the molecule is O=C(O)COCC(=O)NCCCc1nnc2ccccn12. The molecule has 0 aliphatic heterocycles. The molecule has 21 heavy (non-hydrogen) atoms. The van der Waals surface area contributed by atoms with E-state index in [0.717, 1.165) is 11.5 Å². The summed E-state index contributed by atoms with van der Waals surface area (Å²) in [5.74, 6) is -0.592. The van der Waals surface area contributed by atoms with Crippen molar-refractivity contribution in [1.82, 2.24) is 19.9 Å². The number of hydrogen-bond donors (Lipinski definition) is 2. The van der Waals surface area contributed by atoms with Crippen molar-refractivity contribution < 1.29 is 19.4 Å². The third-order valence-corrected chi connectivity index (χ3v) is 2.74. The highest BCUT2D eigenvalue weighted by Gasteiger charge is 2.06. The van der Waals surface area contributed by atoms with Gasteiger partial charge < -0.3 is 15.2 Å². The highest BCUT2D eigenvalue weighted by Crippen LogP contribution is 2.04. The summed E-state index contributed by atoms with van der Waals surface area (Å²) >= 11 is 0. The fraction of sp³-hybridized carbons (Fsp3) is 0.385. The Labute approximate surface area is 120 Å². The minimum absolute atomic E-state index is 0.250. The number of aliphatic carboxylic acids is 1. The van der Waals surface area contributed by atoms with Crippen LogP contribution >= 0.6 is 0 Å². The average Bonchev–Trinajstić information content (AvgIpc) is 2.86. The number of carbonyl (C=O) groups is 2. The van der Waals surface area contributed by atoms with Crippen molar-refractivity contribution in [2.24, 2.45) is 0 Å². The number of nitrogens with one attached hydrogen (secondary N) is 1. The number of ether oxygens (including phenoxy) is 1. The molecule has 0 aromatic carbocycles. The number of aryl methyl sites for hydroxylation is 1. The lowest BCUT2D eigenvalue weighted by Gasteiger charge is -2.04. The topological polar surface area (TPSA) is 106 Å². The zero-order valence-corrected chi connectivity index (χ0v) is 11.4. The number of carboxylic acid groups (broad SMARTS) is 1. The number of rotatable bonds is 8. The maximum atomic E-state index is 11.3. The normalized spacial score (nSPS) is 10.7. The quantitative estimate of drug-likeness (QED) is 0.657. The lowest BCUT2D eigenvalue weighted by atomic mass is 10.3. The molecule has 2 rings (SSSR count). The molecule has 2 aromatic heterocycles. The standard InChI is InChI=1S/C13H16N4O4/c18-12(8-21-9-13(19)20)14-6-3-5-11-16-15-10-4-1-2-7-17(10)11/h1-2,4,7H,3,5-6,8-9H2,(H,14,18)(H,19,20). The maximum absolute atomic E-state index is 11.3. The third kappa shape index (κ3) is 4.53. The van der Waals surface area contributed by atoms with Gasteiger partial charge in [0.25, 0.3) is 0 Å². The van der Waals surface area contributed by atoms with Crippen LogP contribution in [0.4, 0.5) is 0 Å². The summed E-state index contributed by atoms with van der Waals surface area (Å²) in [6.45, 7) is -0.254. The Morgan fingerprint density at radius 1 is 1.29 bits per heavy atom. The second-order valence-electron chi connectivity index (χ2n) is 4.39. The molecule has 0 radical (unpaired) electrons. The number of amides is 1. The Balaban J connectivity index is 1.68. The van der Waals surface area contributed by atoms with Gasteiger partial charge in [0.15, 0.2) is 5.65 Å². The van der Waals surface area contributed by atoms with Crippen molar-refractivity contribution in [3.05, 3.63) is 30.2 Å². The summed E-state index contributed by atoms with van der Waals surface area (Å²) in [6, 6.07) is 5.67. The van der Waals surface area contributed by atoms with Gasteiger partial charge in [0.2, 0.25) is 5.91 Å². The summed E-state index contributed by atoms with van der Waals surface area (Å²) in [7, 11) is 0. The Hall–Kier alpha value is -2.48. The number of fused-ring (bicyclic) bond motifs is 1. The van der Waals surface area contributed by atoms with E-state index in [0.29, 0.717) is 19.4 Å². The molecule has 1 amide bonds. The van der Waals surface area contributed by atoms with Crippen molar-refractivity contribution in [1.29, 1.82) is 0 Å². The van der Waals surface area contributed by atoms with Gasteiger partial charge in [-0.1, -0.05) is 6.07 Å². The Kier molecular flexibility index (Phi) is 5.22. The molecule has 0 aliphatic carbocycles. The van der Waals surface area contributed by atoms with E-state index in [2.05, 4.69) is 20.3 Å². The van der Waals surface area contributed by atoms with E-state index < -0.39 is 12.6 Å². The molecule has 8 nitrogen and oxygen atoms in total. The third-order valence-electron chi connectivity index (χ3n) is 2.74. The monoisotopic (exact) mass is 292 g/mol. The fourth-order valence-corrected chi connectivity index (χ4v) is 1.82. The predicted molar refractivity (Wildman–Crippen MR) is 72.8 cm³/mol. The van der Waals surface area contributed by atoms with E-state index in [1.807, 2.05) is 28.8 Å². The lowest BCUT2D eigenvalue weighted by Crippen LogP contribution is -2.29. The van der Waals surface area contributed by atoms with Crippen LogP contribution in [0.15, 0.2) is 24.4 Å². The number of aromatic nitrogens is 3. The van der Waals surface area contributed by atoms with Crippen LogP contribution in [0.5, 0.6) is 0 Å². The largest absolute Gasteiger partial charge is 0.480 e. The summed E-state index contributed by atoms with van der Waals surface area (Å²) in [6.07, 6.45) is 3.28. The van der Waals surface area contributed by atoms with Crippen LogP contribution in [-0.2, 0) is 20.7 Å². The van der Waals surface area contributed by atoms with E-state index in [-0.39, 0.29) is 12.5 Å². The van der Waals surface area contributed by atoms with E-state index >= 15 is 0 Å². The van der Waals surface area contributed by atoms with Crippen LogP contribution in [0, 0.1) is 0 Å². The molecule has 0 spiro atoms. The van der Waals surface area contributed by atoms with Gasteiger partial charge in [-0.15, -0.1) is 10.2 Å². The summed E-state index contributed by atoms with van der Waals surface area (Å²) in [4.78, 5) is 21.5. The van der Waals surface area contributed by atoms with Crippen LogP contribution in [0.2, 0.25) is 0 Å². The van der Waals surface area contributed by atoms with Crippen molar-refractivity contribution in [2.75, 3.05) is 19.8 Å². The smallest absolute Gasteiger partial charge is 0.329 e. The number of carbonyl (C=O) groups excluding carboxylic acids is 1. The zero-order chi connectivity index (χ0) is 15.1. The number of pyridine rings is 1. The number of nitrogens with zero attached hydrogens (tertiary/aromatic N) is 3. The second kappa shape index (κ2) is 7.34.